The van der Waals surface area contributed by atoms with Gasteiger partial charge in [0.15, 0.2) is 11.5 Å². The van der Waals surface area contributed by atoms with Gasteiger partial charge in [-0.2, -0.15) is 0 Å². The van der Waals surface area contributed by atoms with Gasteiger partial charge in [-0.1, -0.05) is 0 Å². The lowest BCUT2D eigenvalue weighted by atomic mass is 9.94. The highest BCUT2D eigenvalue weighted by Gasteiger charge is 2.33. The molecule has 1 aromatic carbocycles. The van der Waals surface area contributed by atoms with Crippen molar-refractivity contribution in [3.05, 3.63) is 23.3 Å². The van der Waals surface area contributed by atoms with Crippen molar-refractivity contribution in [1.82, 2.24) is 4.90 Å². The number of benzene rings is 1. The highest BCUT2D eigenvalue weighted by molar-refractivity contribution is 5.75. The van der Waals surface area contributed by atoms with Crippen LogP contribution >= 0.6 is 0 Å². The van der Waals surface area contributed by atoms with Crippen molar-refractivity contribution in [1.29, 1.82) is 0 Å². The molecule has 0 bridgehead atoms. The second-order valence-electron chi connectivity index (χ2n) is 6.06. The summed E-state index contributed by atoms with van der Waals surface area (Å²) in [5, 5.41) is 19.1. The molecule has 0 aliphatic carbocycles. The Balaban J connectivity index is 2.29. The van der Waals surface area contributed by atoms with E-state index in [1.165, 1.54) is 17.0 Å². The van der Waals surface area contributed by atoms with Crippen LogP contribution in [-0.2, 0) is 22.5 Å². The molecule has 6 nitrogen and oxygen atoms in total. The van der Waals surface area contributed by atoms with E-state index in [0.717, 1.165) is 0 Å². The van der Waals surface area contributed by atoms with E-state index in [1.807, 2.05) is 6.29 Å². The Labute approximate surface area is 122 Å². The van der Waals surface area contributed by atoms with E-state index < -0.39 is 17.7 Å². The summed E-state index contributed by atoms with van der Waals surface area (Å²) in [6.45, 7) is 5.35. The van der Waals surface area contributed by atoms with Crippen molar-refractivity contribution in [3.63, 3.8) is 0 Å². The average molecular weight is 292 g/mol. The summed E-state index contributed by atoms with van der Waals surface area (Å²) >= 11 is 0. The Bertz CT molecular complexity index is 576. The number of rotatable bonds is 1. The minimum atomic E-state index is -0.767. The molecule has 1 radical (unpaired) electrons. The fourth-order valence-electron chi connectivity index (χ4n) is 2.23. The lowest BCUT2D eigenvalue weighted by molar-refractivity contribution is 0.0177. The van der Waals surface area contributed by atoms with Gasteiger partial charge in [0.1, 0.15) is 11.6 Å². The summed E-state index contributed by atoms with van der Waals surface area (Å²) < 4.78 is 5.27. The van der Waals surface area contributed by atoms with Crippen LogP contribution in [0.4, 0.5) is 4.79 Å². The van der Waals surface area contributed by atoms with Gasteiger partial charge in [0.2, 0.25) is 6.29 Å². The van der Waals surface area contributed by atoms with Crippen molar-refractivity contribution in [2.24, 2.45) is 0 Å². The smallest absolute Gasteiger partial charge is 0.411 e. The first-order valence-corrected chi connectivity index (χ1v) is 6.62. The average Bonchev–Trinajstić information content (AvgIpc) is 2.36. The standard InChI is InChI=1S/C15H18NO5/c1-15(2,3)21-14(20)16-7-10-6-13(19)12(18)5-9(10)4-11(16)8-17/h5-6,11,18-19H,4,7H2,1-3H3/t11-/m0/s1. The first-order valence-electron chi connectivity index (χ1n) is 6.62. The number of hydrogen-bond acceptors (Lipinski definition) is 5. The first-order chi connectivity index (χ1) is 9.71. The van der Waals surface area contributed by atoms with Gasteiger partial charge in [-0.3, -0.25) is 9.69 Å². The zero-order valence-electron chi connectivity index (χ0n) is 12.2. The van der Waals surface area contributed by atoms with Crippen LogP contribution in [0.15, 0.2) is 12.1 Å². The summed E-state index contributed by atoms with van der Waals surface area (Å²) in [7, 11) is 0. The molecular formula is C15H18NO5. The molecule has 1 heterocycles. The molecule has 2 N–H and O–H groups in total. The van der Waals surface area contributed by atoms with Crippen molar-refractivity contribution in [2.75, 3.05) is 0 Å². The Morgan fingerprint density at radius 2 is 1.86 bits per heavy atom. The van der Waals surface area contributed by atoms with Gasteiger partial charge in [-0.25, -0.2) is 4.79 Å². The van der Waals surface area contributed by atoms with Crippen molar-refractivity contribution in [3.8, 4) is 11.5 Å². The number of ether oxygens (including phenoxy) is 1. The molecule has 1 amide bonds. The molecule has 0 unspecified atom stereocenters. The van der Waals surface area contributed by atoms with Crippen molar-refractivity contribution >= 4 is 12.4 Å². The molecule has 2 rings (SSSR count). The third-order valence-corrected chi connectivity index (χ3v) is 3.19. The third-order valence-electron chi connectivity index (χ3n) is 3.19. The molecule has 6 heteroatoms. The fourth-order valence-corrected chi connectivity index (χ4v) is 2.23. The van der Waals surface area contributed by atoms with E-state index >= 15 is 0 Å². The minimum Gasteiger partial charge on any atom is -0.504 e. The molecule has 21 heavy (non-hydrogen) atoms. The second-order valence-corrected chi connectivity index (χ2v) is 6.06. The van der Waals surface area contributed by atoms with Gasteiger partial charge in [0.25, 0.3) is 0 Å². The van der Waals surface area contributed by atoms with E-state index in [1.54, 1.807) is 20.8 Å². The van der Waals surface area contributed by atoms with Crippen LogP contribution in [0, 0.1) is 0 Å². The predicted octanol–water partition coefficient (Wildman–Crippen LogP) is 1.87. The molecule has 0 spiro atoms. The van der Waals surface area contributed by atoms with E-state index in [-0.39, 0.29) is 24.5 Å². The lowest BCUT2D eigenvalue weighted by Gasteiger charge is -2.34. The Kier molecular flexibility index (Phi) is 3.80. The number of carbonyl (C=O) groups is 1. The fraction of sp³-hybridized carbons (Fsp3) is 0.467. The van der Waals surface area contributed by atoms with Gasteiger partial charge in [0.05, 0.1) is 6.54 Å². The zero-order chi connectivity index (χ0) is 15.8. The summed E-state index contributed by atoms with van der Waals surface area (Å²) in [6, 6.07) is 2.03. The number of fused-ring (bicyclic) bond motifs is 1. The minimum absolute atomic E-state index is 0.123. The Hall–Kier alpha value is -2.24. The topological polar surface area (TPSA) is 87.1 Å². The molecule has 113 valence electrons. The van der Waals surface area contributed by atoms with Crippen LogP contribution in [-0.4, -0.2) is 39.1 Å². The van der Waals surface area contributed by atoms with Gasteiger partial charge >= 0.3 is 6.09 Å². The van der Waals surface area contributed by atoms with E-state index in [2.05, 4.69) is 0 Å². The molecule has 1 aliphatic heterocycles. The zero-order valence-corrected chi connectivity index (χ0v) is 12.2. The molecule has 1 atom stereocenters. The quantitative estimate of drug-likeness (QED) is 0.772. The largest absolute Gasteiger partial charge is 0.504 e. The van der Waals surface area contributed by atoms with Crippen LogP contribution in [0.1, 0.15) is 31.9 Å². The summed E-state index contributed by atoms with van der Waals surface area (Å²) in [6.07, 6.45) is 1.45. The van der Waals surface area contributed by atoms with Gasteiger partial charge in [0, 0.05) is 6.42 Å². The van der Waals surface area contributed by atoms with E-state index in [9.17, 15) is 19.8 Å². The van der Waals surface area contributed by atoms with Gasteiger partial charge in [-0.05, 0) is 44.0 Å². The van der Waals surface area contributed by atoms with Crippen LogP contribution in [0.2, 0.25) is 0 Å². The maximum absolute atomic E-state index is 12.2. The number of amides is 1. The van der Waals surface area contributed by atoms with Gasteiger partial charge in [-0.15, -0.1) is 0 Å². The molecule has 0 saturated carbocycles. The first kappa shape index (κ1) is 15.2. The lowest BCUT2D eigenvalue weighted by Crippen LogP contribution is -2.47. The predicted molar refractivity (Wildman–Crippen MR) is 74.7 cm³/mol. The van der Waals surface area contributed by atoms with Gasteiger partial charge < -0.3 is 14.9 Å². The highest BCUT2D eigenvalue weighted by Crippen LogP contribution is 2.33. The van der Waals surface area contributed by atoms with Crippen LogP contribution < -0.4 is 0 Å². The highest BCUT2D eigenvalue weighted by atomic mass is 16.6. The van der Waals surface area contributed by atoms with Crippen molar-refractivity contribution < 1.29 is 24.5 Å². The molecule has 0 saturated heterocycles. The normalized spacial score (nSPS) is 18.0. The van der Waals surface area contributed by atoms with Crippen LogP contribution in [0.25, 0.3) is 0 Å². The number of carbonyl (C=O) groups excluding carboxylic acids is 2. The molecule has 0 fully saturated rings. The van der Waals surface area contributed by atoms with Crippen LogP contribution in [0.5, 0.6) is 11.5 Å². The summed E-state index contributed by atoms with van der Waals surface area (Å²) in [4.78, 5) is 24.5. The third kappa shape index (κ3) is 3.26. The Morgan fingerprint density at radius 3 is 2.38 bits per heavy atom. The molecule has 1 aromatic rings. The van der Waals surface area contributed by atoms with E-state index in [4.69, 9.17) is 4.74 Å². The summed E-state index contributed by atoms with van der Waals surface area (Å²) in [5.74, 6) is -0.504. The Morgan fingerprint density at radius 1 is 1.29 bits per heavy atom. The number of aromatic hydroxyl groups is 2. The van der Waals surface area contributed by atoms with Crippen LogP contribution in [0.3, 0.4) is 0 Å². The monoisotopic (exact) mass is 292 g/mol. The molecule has 0 aromatic heterocycles. The SMILES string of the molecule is CC(C)(C)OC(=O)N1Cc2cc(O)c(O)cc2C[C@H]1[C]=O. The van der Waals surface area contributed by atoms with Crippen molar-refractivity contribution in [2.45, 2.75) is 45.4 Å². The molecule has 1 aliphatic rings. The number of hydrogen-bond donors (Lipinski definition) is 2. The number of phenols is 2. The maximum Gasteiger partial charge on any atom is 0.411 e. The number of nitrogens with zero attached hydrogens (tertiary/aromatic N) is 1. The second kappa shape index (κ2) is 5.27. The molecular weight excluding hydrogens is 274 g/mol. The maximum atomic E-state index is 12.2. The number of phenolic OH excluding ortho intramolecular Hbond substituents is 2. The summed E-state index contributed by atoms with van der Waals surface area (Å²) in [5.41, 5.74) is 0.711. The van der Waals surface area contributed by atoms with E-state index in [0.29, 0.717) is 11.1 Å².